The lowest BCUT2D eigenvalue weighted by atomic mass is 10.0. The highest BCUT2D eigenvalue weighted by atomic mass is 16.6. The van der Waals surface area contributed by atoms with Crippen LogP contribution in [0.25, 0.3) is 21.5 Å². The monoisotopic (exact) mass is 699 g/mol. The third-order valence-electron chi connectivity index (χ3n) is 7.52. The summed E-state index contributed by atoms with van der Waals surface area (Å²) in [6, 6.07) is 26.0. The van der Waals surface area contributed by atoms with Crippen LogP contribution < -0.4 is 16.0 Å². The van der Waals surface area contributed by atoms with Crippen molar-refractivity contribution < 1.29 is 33.8 Å². The first kappa shape index (κ1) is 40.3. The number of benzene rings is 4. The highest BCUT2D eigenvalue weighted by Crippen LogP contribution is 2.19. The number of amides is 3. The van der Waals surface area contributed by atoms with Gasteiger partial charge >= 0.3 is 18.2 Å². The summed E-state index contributed by atoms with van der Waals surface area (Å²) in [7, 11) is 0. The van der Waals surface area contributed by atoms with Crippen LogP contribution in [-0.2, 0) is 31.9 Å². The highest BCUT2D eigenvalue weighted by Gasteiger charge is 2.26. The Labute approximate surface area is 301 Å². The van der Waals surface area contributed by atoms with Gasteiger partial charge in [-0.25, -0.2) is 14.4 Å². The molecule has 10 nitrogen and oxygen atoms in total. The third-order valence-corrected chi connectivity index (χ3v) is 7.52. The predicted octanol–water partition coefficient (Wildman–Crippen LogP) is 7.80. The van der Waals surface area contributed by atoms with Crippen molar-refractivity contribution in [3.05, 3.63) is 96.1 Å². The molecule has 0 aliphatic heterocycles. The summed E-state index contributed by atoms with van der Waals surface area (Å²) in [4.78, 5) is 48.1. The minimum Gasteiger partial charge on any atom is -0.480 e. The molecule has 4 N–H and O–H groups in total. The molecule has 4 aromatic rings. The van der Waals surface area contributed by atoms with Gasteiger partial charge < -0.3 is 30.5 Å². The number of fused-ring (bicyclic) bond motifs is 2. The molecule has 0 aromatic heterocycles. The molecule has 0 radical (unpaired) electrons. The fourth-order valence-electron chi connectivity index (χ4n) is 5.12. The number of carboxylic acid groups (broad SMARTS) is 1. The quantitative estimate of drug-likeness (QED) is 0.125. The minimum atomic E-state index is -1.09. The molecular formula is C41H53N3O7. The van der Waals surface area contributed by atoms with E-state index in [1.807, 2.05) is 78.9 Å². The molecule has 0 aliphatic carbocycles. The van der Waals surface area contributed by atoms with Crippen molar-refractivity contribution in [2.45, 2.75) is 97.9 Å². The Bertz CT molecular complexity index is 1790. The topological polar surface area (TPSA) is 143 Å². The molecule has 0 bridgehead atoms. The van der Waals surface area contributed by atoms with Gasteiger partial charge in [-0.1, -0.05) is 98.8 Å². The molecule has 0 saturated heterocycles. The van der Waals surface area contributed by atoms with Crippen LogP contribution in [0.3, 0.4) is 0 Å². The second-order valence-electron chi connectivity index (χ2n) is 15.0. The number of alkyl carbamates (subject to hydrolysis) is 2. The number of ether oxygens (including phenoxy) is 2. The van der Waals surface area contributed by atoms with Gasteiger partial charge in [0.05, 0.1) is 0 Å². The molecule has 0 saturated carbocycles. The van der Waals surface area contributed by atoms with Crippen LogP contribution in [0.2, 0.25) is 0 Å². The standard InChI is InChI=1S/C23H32N2O3.C18H21NO4/c1-16(2)12-13-24-21(26)20(25-22(27)28-23(3,4)5)15-17-10-11-18-8-6-7-9-19(18)14-17;1-18(2,3)23-17(22)19-15(16(20)21)11-12-8-9-13-6-4-5-7-14(13)10-12/h6-11,14,16,20H,12-13,15H2,1-5H3,(H,24,26)(H,25,27);4-10,15H,11H2,1-3H3,(H,19,22)(H,20,21)/t20-;15-/m00/s1. The molecule has 0 unspecified atom stereocenters. The zero-order valence-corrected chi connectivity index (χ0v) is 31.0. The lowest BCUT2D eigenvalue weighted by Crippen LogP contribution is -2.49. The summed E-state index contributed by atoms with van der Waals surface area (Å²) in [6.07, 6.45) is 0.167. The maximum absolute atomic E-state index is 12.7. The van der Waals surface area contributed by atoms with Crippen LogP contribution in [0, 0.1) is 5.92 Å². The fourth-order valence-corrected chi connectivity index (χ4v) is 5.12. The van der Waals surface area contributed by atoms with E-state index in [1.54, 1.807) is 41.5 Å². The van der Waals surface area contributed by atoms with E-state index in [9.17, 15) is 24.3 Å². The van der Waals surface area contributed by atoms with E-state index in [4.69, 9.17) is 9.47 Å². The van der Waals surface area contributed by atoms with Gasteiger partial charge in [0.25, 0.3) is 0 Å². The molecule has 4 rings (SSSR count). The SMILES string of the molecule is CC(C)(C)OC(=O)N[C@@H](Cc1ccc2ccccc2c1)C(=O)O.CC(C)CCNC(=O)[C@H](Cc1ccc2ccccc2c1)NC(=O)OC(C)(C)C. The van der Waals surface area contributed by atoms with Crippen molar-refractivity contribution >= 4 is 45.6 Å². The van der Waals surface area contributed by atoms with Crippen molar-refractivity contribution in [2.24, 2.45) is 5.92 Å². The highest BCUT2D eigenvalue weighted by molar-refractivity contribution is 5.87. The third kappa shape index (κ3) is 14.7. The average Bonchev–Trinajstić information content (AvgIpc) is 3.02. The van der Waals surface area contributed by atoms with E-state index in [-0.39, 0.29) is 12.3 Å². The molecule has 4 aromatic carbocycles. The van der Waals surface area contributed by atoms with Gasteiger partial charge in [-0.3, -0.25) is 4.79 Å². The Hall–Kier alpha value is -5.12. The normalized spacial score (nSPS) is 12.6. The van der Waals surface area contributed by atoms with Gasteiger partial charge in [0.2, 0.25) is 5.91 Å². The van der Waals surface area contributed by atoms with Gasteiger partial charge in [0.15, 0.2) is 0 Å². The number of carbonyl (C=O) groups is 4. The van der Waals surface area contributed by atoms with Crippen LogP contribution in [0.15, 0.2) is 84.9 Å². The molecule has 3 amide bonds. The molecule has 274 valence electrons. The largest absolute Gasteiger partial charge is 0.480 e. The molecule has 0 spiro atoms. The summed E-state index contributed by atoms with van der Waals surface area (Å²) >= 11 is 0. The Morgan fingerprint density at radius 1 is 0.627 bits per heavy atom. The number of hydrogen-bond acceptors (Lipinski definition) is 6. The van der Waals surface area contributed by atoms with E-state index in [2.05, 4.69) is 35.9 Å². The Morgan fingerprint density at radius 2 is 1.04 bits per heavy atom. The van der Waals surface area contributed by atoms with E-state index < -0.39 is 41.4 Å². The van der Waals surface area contributed by atoms with Crippen LogP contribution in [0.5, 0.6) is 0 Å². The summed E-state index contributed by atoms with van der Waals surface area (Å²) in [5.41, 5.74) is 0.535. The van der Waals surface area contributed by atoms with E-state index >= 15 is 0 Å². The maximum atomic E-state index is 12.7. The van der Waals surface area contributed by atoms with E-state index in [0.717, 1.165) is 39.1 Å². The zero-order chi connectivity index (χ0) is 37.8. The van der Waals surface area contributed by atoms with Crippen molar-refractivity contribution in [3.8, 4) is 0 Å². The molecular weight excluding hydrogens is 646 g/mol. The van der Waals surface area contributed by atoms with Crippen molar-refractivity contribution in [2.75, 3.05) is 6.54 Å². The molecule has 0 aliphatic rings. The van der Waals surface area contributed by atoms with Gasteiger partial charge in [-0.15, -0.1) is 0 Å². The zero-order valence-electron chi connectivity index (χ0n) is 31.0. The number of nitrogens with one attached hydrogen (secondary N) is 3. The molecule has 0 heterocycles. The predicted molar refractivity (Wildman–Crippen MR) is 202 cm³/mol. The van der Waals surface area contributed by atoms with Crippen LogP contribution >= 0.6 is 0 Å². The number of rotatable bonds is 11. The minimum absolute atomic E-state index is 0.194. The van der Waals surface area contributed by atoms with Gasteiger partial charge in [-0.05, 0) is 86.6 Å². The number of carbonyl (C=O) groups excluding carboxylic acids is 3. The summed E-state index contributed by atoms with van der Waals surface area (Å²) in [5, 5.41) is 21.8. The smallest absolute Gasteiger partial charge is 0.408 e. The van der Waals surface area contributed by atoms with Crippen molar-refractivity contribution in [3.63, 3.8) is 0 Å². The second-order valence-corrected chi connectivity index (χ2v) is 15.0. The summed E-state index contributed by atoms with van der Waals surface area (Å²) < 4.78 is 10.5. The number of aliphatic carboxylic acids is 1. The first-order valence-corrected chi connectivity index (χ1v) is 17.3. The van der Waals surface area contributed by atoms with Crippen molar-refractivity contribution in [1.82, 2.24) is 16.0 Å². The Balaban J connectivity index is 0.000000281. The average molecular weight is 700 g/mol. The van der Waals surface area contributed by atoms with Crippen LogP contribution in [0.1, 0.15) is 72.9 Å². The number of carboxylic acids is 1. The van der Waals surface area contributed by atoms with Gasteiger partial charge in [0.1, 0.15) is 23.3 Å². The lowest BCUT2D eigenvalue weighted by Gasteiger charge is -2.23. The lowest BCUT2D eigenvalue weighted by molar-refractivity contribution is -0.139. The van der Waals surface area contributed by atoms with Crippen LogP contribution in [-0.4, -0.2) is 59.0 Å². The maximum Gasteiger partial charge on any atom is 0.408 e. The van der Waals surface area contributed by atoms with Gasteiger partial charge in [-0.2, -0.15) is 0 Å². The molecule has 0 fully saturated rings. The van der Waals surface area contributed by atoms with Crippen molar-refractivity contribution in [1.29, 1.82) is 0 Å². The van der Waals surface area contributed by atoms with Crippen LogP contribution in [0.4, 0.5) is 9.59 Å². The molecule has 2 atom stereocenters. The Kier molecular flexibility index (Phi) is 14.4. The van der Waals surface area contributed by atoms with Gasteiger partial charge in [0, 0.05) is 19.4 Å². The fraction of sp³-hybridized carbons (Fsp3) is 0.415. The first-order valence-electron chi connectivity index (χ1n) is 17.3. The summed E-state index contributed by atoms with van der Waals surface area (Å²) in [5.74, 6) is -0.790. The van der Waals surface area contributed by atoms with E-state index in [1.165, 1.54) is 0 Å². The molecule has 51 heavy (non-hydrogen) atoms. The summed E-state index contributed by atoms with van der Waals surface area (Å²) in [6.45, 7) is 15.4. The number of hydrogen-bond donors (Lipinski definition) is 4. The second kappa shape index (κ2) is 18.2. The van der Waals surface area contributed by atoms with E-state index in [0.29, 0.717) is 18.9 Å². The Morgan fingerprint density at radius 3 is 1.45 bits per heavy atom. The molecule has 10 heteroatoms. The first-order chi connectivity index (χ1) is 23.9.